The SMILES string of the molecule is NC(=S)C(NC(=O)CC1CC1)C1CC1. The molecule has 4 heteroatoms. The number of rotatable bonds is 5. The normalized spacial score (nSPS) is 22.9. The average molecular weight is 212 g/mol. The van der Waals surface area contributed by atoms with E-state index in [1.165, 1.54) is 12.8 Å². The second-order valence-corrected chi connectivity index (χ2v) is 4.90. The van der Waals surface area contributed by atoms with Crippen LogP contribution >= 0.6 is 12.2 Å². The van der Waals surface area contributed by atoms with Gasteiger partial charge in [0.05, 0.1) is 11.0 Å². The Labute approximate surface area is 89.4 Å². The number of hydrogen-bond donors (Lipinski definition) is 2. The Kier molecular flexibility index (Phi) is 2.72. The van der Waals surface area contributed by atoms with E-state index in [1.807, 2.05) is 0 Å². The van der Waals surface area contributed by atoms with Crippen molar-refractivity contribution in [2.45, 2.75) is 38.1 Å². The van der Waals surface area contributed by atoms with Gasteiger partial charge in [0.1, 0.15) is 0 Å². The molecule has 14 heavy (non-hydrogen) atoms. The van der Waals surface area contributed by atoms with Crippen LogP contribution in [0.2, 0.25) is 0 Å². The van der Waals surface area contributed by atoms with Crippen LogP contribution in [-0.4, -0.2) is 16.9 Å². The van der Waals surface area contributed by atoms with Crippen molar-refractivity contribution >= 4 is 23.1 Å². The predicted molar refractivity (Wildman–Crippen MR) is 58.8 cm³/mol. The van der Waals surface area contributed by atoms with E-state index >= 15 is 0 Å². The maximum Gasteiger partial charge on any atom is 0.220 e. The summed E-state index contributed by atoms with van der Waals surface area (Å²) in [6, 6.07) is -0.0451. The molecular formula is C10H16N2OS. The highest BCUT2D eigenvalue weighted by atomic mass is 32.1. The summed E-state index contributed by atoms with van der Waals surface area (Å²) in [6.07, 6.45) is 5.35. The molecule has 1 atom stereocenters. The monoisotopic (exact) mass is 212 g/mol. The smallest absolute Gasteiger partial charge is 0.220 e. The fraction of sp³-hybridized carbons (Fsp3) is 0.800. The zero-order valence-electron chi connectivity index (χ0n) is 8.16. The Morgan fingerprint density at radius 3 is 2.50 bits per heavy atom. The zero-order valence-corrected chi connectivity index (χ0v) is 8.98. The number of amides is 1. The van der Waals surface area contributed by atoms with Gasteiger partial charge in [-0.1, -0.05) is 12.2 Å². The highest BCUT2D eigenvalue weighted by Gasteiger charge is 2.35. The van der Waals surface area contributed by atoms with Gasteiger partial charge in [0.25, 0.3) is 0 Å². The molecule has 0 saturated heterocycles. The highest BCUT2D eigenvalue weighted by molar-refractivity contribution is 7.80. The fourth-order valence-electron chi connectivity index (χ4n) is 1.67. The molecule has 0 heterocycles. The Bertz CT molecular complexity index is 259. The minimum absolute atomic E-state index is 0.0451. The summed E-state index contributed by atoms with van der Waals surface area (Å²) < 4.78 is 0. The maximum atomic E-state index is 11.5. The first kappa shape index (κ1) is 9.90. The Hall–Kier alpha value is -0.640. The van der Waals surface area contributed by atoms with Crippen LogP contribution in [0.5, 0.6) is 0 Å². The van der Waals surface area contributed by atoms with E-state index in [-0.39, 0.29) is 11.9 Å². The quantitative estimate of drug-likeness (QED) is 0.668. The van der Waals surface area contributed by atoms with Gasteiger partial charge in [-0.3, -0.25) is 4.79 Å². The molecule has 3 nitrogen and oxygen atoms in total. The Morgan fingerprint density at radius 2 is 2.07 bits per heavy atom. The summed E-state index contributed by atoms with van der Waals surface area (Å²) in [5.74, 6) is 1.26. The van der Waals surface area contributed by atoms with Gasteiger partial charge in [-0.25, -0.2) is 0 Å². The van der Waals surface area contributed by atoms with Crippen molar-refractivity contribution in [3.05, 3.63) is 0 Å². The maximum absolute atomic E-state index is 11.5. The van der Waals surface area contributed by atoms with Gasteiger partial charge in [0.15, 0.2) is 0 Å². The summed E-state index contributed by atoms with van der Waals surface area (Å²) in [5, 5.41) is 2.94. The topological polar surface area (TPSA) is 55.1 Å². The summed E-state index contributed by atoms with van der Waals surface area (Å²) in [7, 11) is 0. The molecule has 2 fully saturated rings. The predicted octanol–water partition coefficient (Wildman–Crippen LogP) is 0.967. The molecule has 2 saturated carbocycles. The average Bonchev–Trinajstić information content (AvgIpc) is 2.93. The standard InChI is InChI=1S/C10H16N2OS/c11-10(14)9(7-3-4-7)12-8(13)5-6-1-2-6/h6-7,9H,1-5H2,(H2,11,14)(H,12,13). The molecule has 0 aromatic rings. The number of thiocarbonyl (C=S) groups is 1. The first-order valence-electron chi connectivity index (χ1n) is 5.25. The van der Waals surface area contributed by atoms with Crippen molar-refractivity contribution in [3.63, 3.8) is 0 Å². The summed E-state index contributed by atoms with van der Waals surface area (Å²) >= 11 is 4.94. The van der Waals surface area contributed by atoms with Crippen molar-refractivity contribution in [2.24, 2.45) is 17.6 Å². The fourth-order valence-corrected chi connectivity index (χ4v) is 1.92. The molecule has 78 valence electrons. The number of hydrogen-bond acceptors (Lipinski definition) is 2. The molecular weight excluding hydrogens is 196 g/mol. The third-order valence-corrected chi connectivity index (χ3v) is 3.14. The highest BCUT2D eigenvalue weighted by Crippen LogP contribution is 2.34. The third-order valence-electron chi connectivity index (χ3n) is 2.89. The molecule has 0 aliphatic heterocycles. The van der Waals surface area contributed by atoms with Crippen molar-refractivity contribution in [3.8, 4) is 0 Å². The van der Waals surface area contributed by atoms with Gasteiger partial charge >= 0.3 is 0 Å². The molecule has 3 N–H and O–H groups in total. The van der Waals surface area contributed by atoms with E-state index in [4.69, 9.17) is 18.0 Å². The Balaban J connectivity index is 1.79. The van der Waals surface area contributed by atoms with E-state index < -0.39 is 0 Å². The van der Waals surface area contributed by atoms with Crippen molar-refractivity contribution in [1.29, 1.82) is 0 Å². The minimum atomic E-state index is -0.0451. The Morgan fingerprint density at radius 1 is 1.43 bits per heavy atom. The molecule has 0 aromatic carbocycles. The summed E-state index contributed by atoms with van der Waals surface area (Å²) in [4.78, 5) is 12.0. The molecule has 2 aliphatic rings. The molecule has 0 bridgehead atoms. The van der Waals surface area contributed by atoms with Crippen LogP contribution in [0.25, 0.3) is 0 Å². The van der Waals surface area contributed by atoms with Crippen molar-refractivity contribution in [2.75, 3.05) is 0 Å². The molecule has 0 spiro atoms. The van der Waals surface area contributed by atoms with Crippen molar-refractivity contribution in [1.82, 2.24) is 5.32 Å². The van der Waals surface area contributed by atoms with E-state index in [2.05, 4.69) is 5.32 Å². The van der Waals surface area contributed by atoms with Gasteiger partial charge in [-0.05, 0) is 37.5 Å². The number of carbonyl (C=O) groups is 1. The van der Waals surface area contributed by atoms with Crippen LogP contribution in [0.15, 0.2) is 0 Å². The van der Waals surface area contributed by atoms with Crippen LogP contribution in [0.4, 0.5) is 0 Å². The first-order valence-corrected chi connectivity index (χ1v) is 5.66. The van der Waals surface area contributed by atoms with Gasteiger partial charge in [0, 0.05) is 6.42 Å². The van der Waals surface area contributed by atoms with Crippen LogP contribution in [-0.2, 0) is 4.79 Å². The van der Waals surface area contributed by atoms with Crippen LogP contribution in [0.3, 0.4) is 0 Å². The number of nitrogens with one attached hydrogen (secondary N) is 1. The molecule has 2 rings (SSSR count). The number of carbonyl (C=O) groups excluding carboxylic acids is 1. The lowest BCUT2D eigenvalue weighted by molar-refractivity contribution is -0.121. The lowest BCUT2D eigenvalue weighted by Gasteiger charge is -2.16. The van der Waals surface area contributed by atoms with Crippen molar-refractivity contribution < 1.29 is 4.79 Å². The molecule has 0 radical (unpaired) electrons. The van der Waals surface area contributed by atoms with Crippen LogP contribution < -0.4 is 11.1 Å². The molecule has 1 unspecified atom stereocenters. The summed E-state index contributed by atoms with van der Waals surface area (Å²) in [5.41, 5.74) is 5.59. The van der Waals surface area contributed by atoms with Crippen LogP contribution in [0, 0.1) is 11.8 Å². The van der Waals surface area contributed by atoms with Gasteiger partial charge in [-0.2, -0.15) is 0 Å². The van der Waals surface area contributed by atoms with E-state index in [9.17, 15) is 4.79 Å². The zero-order chi connectivity index (χ0) is 10.1. The van der Waals surface area contributed by atoms with E-state index in [0.717, 1.165) is 12.8 Å². The molecule has 0 aromatic heterocycles. The van der Waals surface area contributed by atoms with Gasteiger partial charge in [-0.15, -0.1) is 0 Å². The van der Waals surface area contributed by atoms with Gasteiger partial charge < -0.3 is 11.1 Å². The van der Waals surface area contributed by atoms with E-state index in [0.29, 0.717) is 23.2 Å². The minimum Gasteiger partial charge on any atom is -0.392 e. The lowest BCUT2D eigenvalue weighted by atomic mass is 10.1. The summed E-state index contributed by atoms with van der Waals surface area (Å²) in [6.45, 7) is 0. The third kappa shape index (κ3) is 2.67. The second-order valence-electron chi connectivity index (χ2n) is 4.43. The molecule has 2 aliphatic carbocycles. The lowest BCUT2D eigenvalue weighted by Crippen LogP contribution is -2.45. The number of nitrogens with two attached hydrogens (primary N) is 1. The first-order chi connectivity index (χ1) is 6.66. The van der Waals surface area contributed by atoms with E-state index in [1.54, 1.807) is 0 Å². The van der Waals surface area contributed by atoms with Crippen LogP contribution in [0.1, 0.15) is 32.1 Å². The molecule has 1 amide bonds. The largest absolute Gasteiger partial charge is 0.392 e. The second kappa shape index (κ2) is 3.85. The van der Waals surface area contributed by atoms with Gasteiger partial charge in [0.2, 0.25) is 5.91 Å².